The average Bonchev–Trinajstić information content (AvgIpc) is 1.00. The van der Waals surface area contributed by atoms with Crippen LogP contribution in [-0.2, 0) is 40.8 Å². The fourth-order valence-electron chi connectivity index (χ4n) is 0. The van der Waals surface area contributed by atoms with Crippen molar-refractivity contribution in [3.05, 3.63) is 0 Å². The summed E-state index contributed by atoms with van der Waals surface area (Å²) in [5, 5.41) is 0. The van der Waals surface area contributed by atoms with Gasteiger partial charge in [0.05, 0.1) is 0 Å². The molecular weight excluding hydrogens is 346 g/mol. The summed E-state index contributed by atoms with van der Waals surface area (Å²) in [6.45, 7) is 0. The molecule has 0 aliphatic rings. The maximum atomic E-state index is 8.25. The quantitative estimate of drug-likeness (QED) is 0.511. The van der Waals surface area contributed by atoms with Crippen molar-refractivity contribution in [3.8, 4) is 0 Å². The van der Waals surface area contributed by atoms with Crippen molar-refractivity contribution in [1.29, 1.82) is 0 Å². The molecule has 0 aliphatic heterocycles. The summed E-state index contributed by atoms with van der Waals surface area (Å²) in [5.41, 5.74) is 0. The summed E-state index contributed by atoms with van der Waals surface area (Å²) in [7, 11) is 0. The SMILES string of the molecule is [Fe].[La].[O]=[Ti].[SrH2]. The van der Waals surface area contributed by atoms with E-state index in [2.05, 4.69) is 0 Å². The maximum absolute atomic E-state index is 8.25. The third-order valence-corrected chi connectivity index (χ3v) is 0. The van der Waals surface area contributed by atoms with Gasteiger partial charge in [-0.1, -0.05) is 0 Å². The first kappa shape index (κ1) is 23.3. The van der Waals surface area contributed by atoms with Crippen LogP contribution >= 0.6 is 0 Å². The molecule has 0 aromatic rings. The number of hydrogen-bond acceptors (Lipinski definition) is 1. The van der Waals surface area contributed by atoms with Crippen molar-refractivity contribution < 1.29 is 76.4 Å². The first-order valence-electron chi connectivity index (χ1n) is 0.204. The summed E-state index contributed by atoms with van der Waals surface area (Å²) in [4.78, 5) is 0. The van der Waals surface area contributed by atoms with Gasteiger partial charge in [0.25, 0.3) is 0 Å². The minimum atomic E-state index is 0. The molecule has 1 radical (unpaired) electrons. The van der Waals surface area contributed by atoms with Gasteiger partial charge in [-0.15, -0.1) is 0 Å². The molecule has 0 heterocycles. The normalized spacial score (nSPS) is 0.600. The van der Waals surface area contributed by atoms with Gasteiger partial charge in [-0.25, -0.2) is 0 Å². The van der Waals surface area contributed by atoms with Gasteiger partial charge < -0.3 is 0 Å². The molecule has 0 atom stereocenters. The summed E-state index contributed by atoms with van der Waals surface area (Å²) in [5.74, 6) is 0. The van der Waals surface area contributed by atoms with Crippen LogP contribution in [0.25, 0.3) is 0 Å². The zero-order chi connectivity index (χ0) is 2.00. The van der Waals surface area contributed by atoms with E-state index in [1.807, 2.05) is 0 Å². The molecule has 0 bridgehead atoms. The Labute approximate surface area is 118 Å². The third kappa shape index (κ3) is 18.3. The van der Waals surface area contributed by atoms with E-state index in [0.29, 0.717) is 0 Å². The summed E-state index contributed by atoms with van der Waals surface area (Å²) >= 11 is 0.750. The van der Waals surface area contributed by atoms with Crippen molar-refractivity contribution in [2.45, 2.75) is 0 Å². The van der Waals surface area contributed by atoms with Crippen LogP contribution in [0.3, 0.4) is 0 Å². The van der Waals surface area contributed by atoms with Crippen LogP contribution in [0, 0.1) is 35.6 Å². The second kappa shape index (κ2) is 25.2. The second-order valence-corrected chi connectivity index (χ2v) is 0. The number of rotatable bonds is 0. The van der Waals surface area contributed by atoms with E-state index in [9.17, 15) is 0 Å². The van der Waals surface area contributed by atoms with Gasteiger partial charge >= 0.3 is 69.2 Å². The van der Waals surface area contributed by atoms with Crippen LogP contribution in [0.4, 0.5) is 0 Å². The first-order chi connectivity index (χ1) is 1.00. The van der Waals surface area contributed by atoms with Crippen molar-refractivity contribution in [3.63, 3.8) is 0 Å². The first-order valence-corrected chi connectivity index (χ1v) is 0.842. The van der Waals surface area contributed by atoms with Gasteiger partial charge in [-0.05, 0) is 0 Å². The minimum absolute atomic E-state index is 0. The molecule has 0 saturated heterocycles. The van der Waals surface area contributed by atoms with Gasteiger partial charge in [0.1, 0.15) is 0 Å². The molecule has 0 fully saturated rings. The zero-order valence-electron chi connectivity index (χ0n) is 1.84. The molecule has 5 heteroatoms. The molecule has 0 saturated carbocycles. The van der Waals surface area contributed by atoms with Crippen molar-refractivity contribution in [2.24, 2.45) is 0 Å². The predicted molar refractivity (Wildman–Crippen MR) is 9.23 cm³/mol. The molecule has 0 aromatic heterocycles. The van der Waals surface area contributed by atoms with Gasteiger partial charge in [-0.2, -0.15) is 0 Å². The zero-order valence-corrected chi connectivity index (χ0v) is 8.13. The van der Waals surface area contributed by atoms with Crippen molar-refractivity contribution in [1.82, 2.24) is 0 Å². The standard InChI is InChI=1S/Fe.La.O.Sr.Ti.2H. The Bertz CT molecular complexity index is 11.6. The Morgan fingerprint density at radius 3 is 1.20 bits per heavy atom. The fourth-order valence-corrected chi connectivity index (χ4v) is 0. The Morgan fingerprint density at radius 1 is 1.20 bits per heavy atom. The molecule has 0 aliphatic carbocycles. The molecule has 0 unspecified atom stereocenters. The van der Waals surface area contributed by atoms with Gasteiger partial charge in [0.2, 0.25) is 0 Å². The van der Waals surface area contributed by atoms with Crippen LogP contribution < -0.4 is 0 Å². The second-order valence-electron chi connectivity index (χ2n) is 0. The average molecular weight is 348 g/mol. The molecule has 25 valence electrons. The molecular formula is H2FeLaOSrTi. The fraction of sp³-hybridized carbons (Fsp3) is 0. The van der Waals surface area contributed by atoms with Crippen LogP contribution in [0.15, 0.2) is 0 Å². The molecule has 1 nitrogen and oxygen atoms in total. The van der Waals surface area contributed by atoms with Gasteiger partial charge in [-0.3, -0.25) is 0 Å². The Balaban J connectivity index is -0.00000000167. The molecule has 0 rings (SSSR count). The molecule has 0 spiro atoms. The molecule has 5 heavy (non-hydrogen) atoms. The molecule has 0 amide bonds. The summed E-state index contributed by atoms with van der Waals surface area (Å²) in [6.07, 6.45) is 0. The molecule has 0 aromatic carbocycles. The van der Waals surface area contributed by atoms with Crippen LogP contribution in [0.1, 0.15) is 0 Å². The Hall–Kier alpha value is 3.71. The van der Waals surface area contributed by atoms with Crippen molar-refractivity contribution in [2.75, 3.05) is 0 Å². The van der Waals surface area contributed by atoms with Gasteiger partial charge in [0, 0.05) is 52.7 Å². The Morgan fingerprint density at radius 2 is 1.20 bits per heavy atom. The number of hydrogen-bond donors (Lipinski definition) is 0. The van der Waals surface area contributed by atoms with Crippen LogP contribution in [0.2, 0.25) is 0 Å². The van der Waals surface area contributed by atoms with Crippen molar-refractivity contribution >= 4 is 45.5 Å². The van der Waals surface area contributed by atoms with Gasteiger partial charge in [0.15, 0.2) is 0 Å². The topological polar surface area (TPSA) is 17.1 Å². The predicted octanol–water partition coefficient (Wildman–Crippen LogP) is -1.04. The van der Waals surface area contributed by atoms with E-state index < -0.39 is 0 Å². The van der Waals surface area contributed by atoms with Crippen LogP contribution in [-0.4, -0.2) is 45.5 Å². The summed E-state index contributed by atoms with van der Waals surface area (Å²) < 4.78 is 8.25. The van der Waals surface area contributed by atoms with E-state index >= 15 is 0 Å². The Kier molecular flexibility index (Phi) is 118. The van der Waals surface area contributed by atoms with Crippen LogP contribution in [0.5, 0.6) is 0 Å². The van der Waals surface area contributed by atoms with E-state index in [-0.39, 0.29) is 98.1 Å². The van der Waals surface area contributed by atoms with E-state index in [1.54, 1.807) is 0 Å². The molecule has 0 N–H and O–H groups in total. The third-order valence-electron chi connectivity index (χ3n) is 0. The monoisotopic (exact) mass is 349 g/mol. The van der Waals surface area contributed by atoms with E-state index in [4.69, 9.17) is 3.32 Å². The van der Waals surface area contributed by atoms with E-state index in [0.717, 1.165) is 20.4 Å². The summed E-state index contributed by atoms with van der Waals surface area (Å²) in [6, 6.07) is 0. The van der Waals surface area contributed by atoms with E-state index in [1.165, 1.54) is 0 Å².